The van der Waals surface area contributed by atoms with E-state index in [4.69, 9.17) is 19.9 Å². The number of rotatable bonds is 4. The first-order chi connectivity index (χ1) is 28.8. The lowest BCUT2D eigenvalue weighted by atomic mass is 10.1. The minimum absolute atomic E-state index is 0.939. The molecule has 0 unspecified atom stereocenters. The summed E-state index contributed by atoms with van der Waals surface area (Å²) in [5, 5.41) is 4.34. The third-order valence-corrected chi connectivity index (χ3v) is 11.7. The van der Waals surface area contributed by atoms with Gasteiger partial charge in [-0.2, -0.15) is 0 Å². The van der Waals surface area contributed by atoms with Gasteiger partial charge in [-0.15, -0.1) is 0 Å². The first-order valence-corrected chi connectivity index (χ1v) is 19.4. The van der Waals surface area contributed by atoms with Gasteiger partial charge in [0.05, 0.1) is 88.9 Å². The van der Waals surface area contributed by atoms with Crippen molar-refractivity contribution in [2.75, 3.05) is 0 Å². The molecule has 58 heavy (non-hydrogen) atoms. The van der Waals surface area contributed by atoms with E-state index in [1.54, 1.807) is 0 Å². The van der Waals surface area contributed by atoms with Crippen LogP contribution in [0.5, 0.6) is 0 Å². The lowest BCUT2D eigenvalue weighted by Crippen LogP contribution is -2.13. The molecule has 0 aliphatic heterocycles. The molecule has 13 aromatic rings. The monoisotopic (exact) mass is 742 g/mol. The Kier molecular flexibility index (Phi) is 6.29. The highest BCUT2D eigenvalue weighted by atomic mass is 15.1. The number of benzene rings is 5. The average Bonchev–Trinajstić information content (AvgIpc) is 4.01. The van der Waals surface area contributed by atoms with Crippen LogP contribution in [0.4, 0.5) is 0 Å². The predicted octanol–water partition coefficient (Wildman–Crippen LogP) is 11.7. The van der Waals surface area contributed by atoms with Gasteiger partial charge in [-0.25, -0.2) is 0 Å². The lowest BCUT2D eigenvalue weighted by Gasteiger charge is -2.25. The topological polar surface area (TPSA) is 71.3 Å². The molecule has 8 nitrogen and oxygen atoms in total. The van der Waals surface area contributed by atoms with Crippen LogP contribution < -0.4 is 0 Å². The second kappa shape index (κ2) is 11.7. The number of para-hydroxylation sites is 4. The summed E-state index contributed by atoms with van der Waals surface area (Å²) in [5.74, 6) is 0. The van der Waals surface area contributed by atoms with Crippen LogP contribution in [-0.4, -0.2) is 38.2 Å². The van der Waals surface area contributed by atoms with Gasteiger partial charge in [0.25, 0.3) is 0 Å². The van der Waals surface area contributed by atoms with E-state index in [1.165, 1.54) is 0 Å². The van der Waals surface area contributed by atoms with Crippen molar-refractivity contribution in [2.45, 2.75) is 0 Å². The molecule has 8 heteroatoms. The molecule has 0 amide bonds. The van der Waals surface area contributed by atoms with E-state index in [0.29, 0.717) is 0 Å². The van der Waals surface area contributed by atoms with Gasteiger partial charge >= 0.3 is 0 Å². The fourth-order valence-electron chi connectivity index (χ4n) is 9.49. The Bertz CT molecular complexity index is 3360. The quantitative estimate of drug-likeness (QED) is 0.180. The van der Waals surface area contributed by atoms with Gasteiger partial charge < -0.3 is 18.3 Å². The molecule has 8 aromatic heterocycles. The number of nitrogens with zero attached hydrogens (tertiary/aromatic N) is 8. The van der Waals surface area contributed by atoms with Crippen LogP contribution in [0.25, 0.3) is 110 Å². The van der Waals surface area contributed by atoms with Crippen LogP contribution in [0.2, 0.25) is 0 Å². The molecule has 0 atom stereocenters. The van der Waals surface area contributed by atoms with E-state index in [-0.39, 0.29) is 0 Å². The third kappa shape index (κ3) is 4.07. The highest BCUT2D eigenvalue weighted by molar-refractivity contribution is 6.13. The summed E-state index contributed by atoms with van der Waals surface area (Å²) in [5.41, 5.74) is 16.1. The van der Waals surface area contributed by atoms with Crippen LogP contribution >= 0.6 is 0 Å². The van der Waals surface area contributed by atoms with Crippen molar-refractivity contribution in [1.82, 2.24) is 38.2 Å². The number of hydrogen-bond donors (Lipinski definition) is 0. The molecule has 0 fully saturated rings. The number of aromatic nitrogens is 8. The van der Waals surface area contributed by atoms with Crippen molar-refractivity contribution in [2.24, 2.45) is 0 Å². The molecule has 0 saturated heterocycles. The van der Waals surface area contributed by atoms with Gasteiger partial charge in [0.1, 0.15) is 0 Å². The molecule has 0 radical (unpaired) electrons. The van der Waals surface area contributed by atoms with E-state index in [9.17, 15) is 0 Å². The van der Waals surface area contributed by atoms with Gasteiger partial charge in [-0.1, -0.05) is 72.8 Å². The second-order valence-corrected chi connectivity index (χ2v) is 14.7. The van der Waals surface area contributed by atoms with E-state index < -0.39 is 0 Å². The molecule has 0 saturated carbocycles. The third-order valence-electron chi connectivity index (χ3n) is 11.7. The van der Waals surface area contributed by atoms with Crippen molar-refractivity contribution >= 4 is 87.7 Å². The minimum Gasteiger partial charge on any atom is -0.305 e. The number of fused-ring (bicyclic) bond motifs is 12. The zero-order valence-corrected chi connectivity index (χ0v) is 30.9. The van der Waals surface area contributed by atoms with Crippen molar-refractivity contribution in [3.8, 4) is 22.7 Å². The molecule has 270 valence electrons. The maximum Gasteiger partial charge on any atom is 0.0969 e. The molecule has 5 aromatic carbocycles. The van der Waals surface area contributed by atoms with E-state index in [2.05, 4.69) is 152 Å². The Morgan fingerprint density at radius 3 is 0.828 bits per heavy atom. The maximum atomic E-state index is 5.03. The molecule has 0 spiro atoms. The van der Waals surface area contributed by atoms with Gasteiger partial charge in [-0.05, 0) is 84.9 Å². The van der Waals surface area contributed by atoms with Crippen molar-refractivity contribution in [3.05, 3.63) is 183 Å². The van der Waals surface area contributed by atoms with Gasteiger partial charge in [0.15, 0.2) is 0 Å². The normalized spacial score (nSPS) is 12.1. The molecular formula is C50H30N8. The number of hydrogen-bond acceptors (Lipinski definition) is 4. The Hall–Kier alpha value is -8.10. The first kappa shape index (κ1) is 31.1. The molecule has 0 N–H and O–H groups in total. The fraction of sp³-hybridized carbons (Fsp3) is 0. The average molecular weight is 743 g/mol. The smallest absolute Gasteiger partial charge is 0.0969 e. The molecule has 13 rings (SSSR count). The summed E-state index contributed by atoms with van der Waals surface area (Å²) < 4.78 is 9.62. The predicted molar refractivity (Wildman–Crippen MR) is 235 cm³/mol. The second-order valence-electron chi connectivity index (χ2n) is 14.7. The Labute approximate surface area is 330 Å². The zero-order chi connectivity index (χ0) is 37.9. The Morgan fingerprint density at radius 1 is 0.241 bits per heavy atom. The molecule has 0 aliphatic carbocycles. The minimum atomic E-state index is 0.939. The SMILES string of the molecule is c1ccc2c(c1)c1ncccc1n2-c1ccc(-n2c3ccccc3c3ncccc32)c(-n2c3ccccc3c3ncccc32)c1-n1c2ccccc2c2ncccc21. The number of pyridine rings is 4. The molecule has 0 bridgehead atoms. The first-order valence-electron chi connectivity index (χ1n) is 19.4. The fourth-order valence-corrected chi connectivity index (χ4v) is 9.49. The Balaban J connectivity index is 1.35. The van der Waals surface area contributed by atoms with Gasteiger partial charge in [-0.3, -0.25) is 19.9 Å². The summed E-state index contributed by atoms with van der Waals surface area (Å²) in [6.07, 6.45) is 7.54. The highest BCUT2D eigenvalue weighted by Gasteiger charge is 2.29. The summed E-state index contributed by atoms with van der Waals surface area (Å²) >= 11 is 0. The lowest BCUT2D eigenvalue weighted by molar-refractivity contribution is 1.02. The van der Waals surface area contributed by atoms with Crippen molar-refractivity contribution < 1.29 is 0 Å². The van der Waals surface area contributed by atoms with Crippen molar-refractivity contribution in [1.29, 1.82) is 0 Å². The van der Waals surface area contributed by atoms with Gasteiger partial charge in [0, 0.05) is 46.3 Å². The van der Waals surface area contributed by atoms with Crippen LogP contribution in [0.1, 0.15) is 0 Å². The van der Waals surface area contributed by atoms with Crippen LogP contribution in [0.3, 0.4) is 0 Å². The Morgan fingerprint density at radius 2 is 0.500 bits per heavy atom. The summed E-state index contributed by atoms with van der Waals surface area (Å²) in [6.45, 7) is 0. The summed E-state index contributed by atoms with van der Waals surface area (Å²) in [4.78, 5) is 20.0. The van der Waals surface area contributed by atoms with Gasteiger partial charge in [0.2, 0.25) is 0 Å². The van der Waals surface area contributed by atoms with E-state index in [1.807, 2.05) is 49.1 Å². The summed E-state index contributed by atoms with van der Waals surface area (Å²) in [6, 6.07) is 55.8. The van der Waals surface area contributed by atoms with Crippen LogP contribution in [0, 0.1) is 0 Å². The molecule has 0 aliphatic rings. The van der Waals surface area contributed by atoms with Crippen LogP contribution in [-0.2, 0) is 0 Å². The highest BCUT2D eigenvalue weighted by Crippen LogP contribution is 2.45. The maximum absolute atomic E-state index is 5.03. The standard InChI is InChI=1S/C50H30N8/c1-5-17-35-31(13-1)45-39(21-9-27-51-45)55(35)43-25-26-44(56-36-18-6-2-14-32(36)46-40(56)22-10-28-52-46)50(58-38-20-8-4-16-34(38)48-42(58)24-12-30-54-48)49(43)57-37-19-7-3-15-33(37)47-41(57)23-11-29-53-47/h1-30H. The summed E-state index contributed by atoms with van der Waals surface area (Å²) in [7, 11) is 0. The molecular weight excluding hydrogens is 713 g/mol. The zero-order valence-electron chi connectivity index (χ0n) is 30.9. The van der Waals surface area contributed by atoms with Crippen LogP contribution in [0.15, 0.2) is 183 Å². The molecule has 8 heterocycles. The largest absolute Gasteiger partial charge is 0.305 e. The van der Waals surface area contributed by atoms with Crippen molar-refractivity contribution in [3.63, 3.8) is 0 Å². The van der Waals surface area contributed by atoms with E-state index in [0.717, 1.165) is 110 Å². The van der Waals surface area contributed by atoms with E-state index >= 15 is 0 Å².